The number of hydrogen-bond donors (Lipinski definition) is 1. The van der Waals surface area contributed by atoms with E-state index in [2.05, 4.69) is 0 Å². The predicted octanol–water partition coefficient (Wildman–Crippen LogP) is 2.67. The maximum absolute atomic E-state index is 12.6. The summed E-state index contributed by atoms with van der Waals surface area (Å²) in [5.74, 6) is -0.834. The number of nitrogens with zero attached hydrogens (tertiary/aromatic N) is 1. The minimum absolute atomic E-state index is 0.141. The lowest BCUT2D eigenvalue weighted by molar-refractivity contribution is -0.142. The van der Waals surface area contributed by atoms with Crippen LogP contribution in [-0.4, -0.2) is 41.6 Å². The first kappa shape index (κ1) is 17.8. The van der Waals surface area contributed by atoms with Crippen LogP contribution in [0.25, 0.3) is 0 Å². The summed E-state index contributed by atoms with van der Waals surface area (Å²) in [6.45, 7) is 2.73. The summed E-state index contributed by atoms with van der Waals surface area (Å²) in [7, 11) is 0. The number of para-hydroxylation sites is 2. The molecule has 0 saturated carbocycles. The van der Waals surface area contributed by atoms with E-state index in [1.165, 1.54) is 4.90 Å². The van der Waals surface area contributed by atoms with Crippen LogP contribution in [0.3, 0.4) is 0 Å². The molecule has 136 valence electrons. The van der Waals surface area contributed by atoms with Crippen LogP contribution in [0, 0.1) is 0 Å². The van der Waals surface area contributed by atoms with Gasteiger partial charge in [-0.1, -0.05) is 36.4 Å². The Labute approximate surface area is 152 Å². The van der Waals surface area contributed by atoms with Gasteiger partial charge in [-0.3, -0.25) is 9.59 Å². The highest BCUT2D eigenvalue weighted by molar-refractivity contribution is 5.82. The zero-order chi connectivity index (χ0) is 18.5. The first-order valence-electron chi connectivity index (χ1n) is 8.53. The average molecular weight is 355 g/mol. The van der Waals surface area contributed by atoms with Crippen molar-refractivity contribution in [2.75, 3.05) is 19.8 Å². The molecule has 1 atom stereocenters. The van der Waals surface area contributed by atoms with Gasteiger partial charge in [0.2, 0.25) is 0 Å². The summed E-state index contributed by atoms with van der Waals surface area (Å²) in [6, 6.07) is 14.5. The SMILES string of the molecule is CCOc1ccccc1OCC(=O)N1Cc2ccccc2C(C(=O)O)C1. The van der Waals surface area contributed by atoms with Crippen LogP contribution in [-0.2, 0) is 16.1 Å². The third-order valence-electron chi connectivity index (χ3n) is 4.35. The van der Waals surface area contributed by atoms with E-state index < -0.39 is 11.9 Å². The molecular weight excluding hydrogens is 334 g/mol. The maximum atomic E-state index is 12.6. The number of aliphatic carboxylic acids is 1. The van der Waals surface area contributed by atoms with E-state index in [4.69, 9.17) is 9.47 Å². The number of amides is 1. The summed E-state index contributed by atoms with van der Waals surface area (Å²) < 4.78 is 11.1. The molecule has 1 aliphatic heterocycles. The van der Waals surface area contributed by atoms with Gasteiger partial charge in [0.25, 0.3) is 5.91 Å². The van der Waals surface area contributed by atoms with Gasteiger partial charge >= 0.3 is 5.97 Å². The fourth-order valence-corrected chi connectivity index (χ4v) is 3.08. The van der Waals surface area contributed by atoms with Gasteiger partial charge in [-0.2, -0.15) is 0 Å². The molecule has 1 N–H and O–H groups in total. The minimum atomic E-state index is -0.933. The minimum Gasteiger partial charge on any atom is -0.490 e. The molecule has 0 fully saturated rings. The topological polar surface area (TPSA) is 76.1 Å². The van der Waals surface area contributed by atoms with Crippen molar-refractivity contribution in [3.63, 3.8) is 0 Å². The van der Waals surface area contributed by atoms with E-state index in [9.17, 15) is 14.7 Å². The molecule has 1 amide bonds. The van der Waals surface area contributed by atoms with E-state index in [0.29, 0.717) is 24.7 Å². The van der Waals surface area contributed by atoms with Crippen molar-refractivity contribution in [3.05, 3.63) is 59.7 Å². The molecule has 6 nitrogen and oxygen atoms in total. The first-order valence-corrected chi connectivity index (χ1v) is 8.53. The van der Waals surface area contributed by atoms with Gasteiger partial charge in [-0.05, 0) is 30.2 Å². The summed E-state index contributed by atoms with van der Waals surface area (Å²) in [6.07, 6.45) is 0. The van der Waals surface area contributed by atoms with Gasteiger partial charge in [0.05, 0.1) is 12.5 Å². The summed E-state index contributed by atoms with van der Waals surface area (Å²) in [5, 5.41) is 9.50. The Balaban J connectivity index is 1.70. The Morgan fingerprint density at radius 3 is 2.42 bits per heavy atom. The zero-order valence-corrected chi connectivity index (χ0v) is 14.6. The fraction of sp³-hybridized carbons (Fsp3) is 0.300. The lowest BCUT2D eigenvalue weighted by atomic mass is 9.90. The van der Waals surface area contributed by atoms with Gasteiger partial charge < -0.3 is 19.5 Å². The Morgan fingerprint density at radius 1 is 1.08 bits per heavy atom. The van der Waals surface area contributed by atoms with Crippen molar-refractivity contribution < 1.29 is 24.2 Å². The number of carbonyl (C=O) groups is 2. The number of carboxylic acid groups (broad SMARTS) is 1. The van der Waals surface area contributed by atoms with E-state index in [1.807, 2.05) is 37.3 Å². The lowest BCUT2D eigenvalue weighted by Gasteiger charge is -2.32. The van der Waals surface area contributed by atoms with Gasteiger partial charge in [-0.15, -0.1) is 0 Å². The van der Waals surface area contributed by atoms with Crippen LogP contribution >= 0.6 is 0 Å². The zero-order valence-electron chi connectivity index (χ0n) is 14.6. The number of fused-ring (bicyclic) bond motifs is 1. The quantitative estimate of drug-likeness (QED) is 0.862. The van der Waals surface area contributed by atoms with Crippen LogP contribution in [0.1, 0.15) is 24.0 Å². The van der Waals surface area contributed by atoms with Crippen LogP contribution in [0.2, 0.25) is 0 Å². The number of hydrogen-bond acceptors (Lipinski definition) is 4. The molecule has 0 bridgehead atoms. The van der Waals surface area contributed by atoms with Gasteiger partial charge in [0, 0.05) is 13.1 Å². The lowest BCUT2D eigenvalue weighted by Crippen LogP contribution is -2.42. The van der Waals surface area contributed by atoms with Crippen LogP contribution in [0.4, 0.5) is 0 Å². The number of benzene rings is 2. The number of carbonyl (C=O) groups excluding carboxylic acids is 1. The summed E-state index contributed by atoms with van der Waals surface area (Å²) in [5.41, 5.74) is 1.63. The van der Waals surface area contributed by atoms with Crippen LogP contribution in [0.15, 0.2) is 48.5 Å². The average Bonchev–Trinajstić information content (AvgIpc) is 2.66. The van der Waals surface area contributed by atoms with Crippen molar-refractivity contribution >= 4 is 11.9 Å². The Morgan fingerprint density at radius 2 is 1.73 bits per heavy atom. The Kier molecular flexibility index (Phi) is 5.41. The molecule has 0 aromatic heterocycles. The smallest absolute Gasteiger partial charge is 0.312 e. The number of carboxylic acids is 1. The van der Waals surface area contributed by atoms with Crippen molar-refractivity contribution in [3.8, 4) is 11.5 Å². The standard InChI is InChI=1S/C20H21NO5/c1-2-25-17-9-5-6-10-18(17)26-13-19(22)21-11-14-7-3-4-8-15(14)16(12-21)20(23)24/h3-10,16H,2,11-13H2,1H3,(H,23,24). The third-order valence-corrected chi connectivity index (χ3v) is 4.35. The van der Waals surface area contributed by atoms with Crippen molar-refractivity contribution in [1.29, 1.82) is 0 Å². The highest BCUT2D eigenvalue weighted by Crippen LogP contribution is 2.29. The normalized spacial score (nSPS) is 15.9. The third kappa shape index (κ3) is 3.79. The Bertz CT molecular complexity index is 804. The molecule has 0 radical (unpaired) electrons. The molecule has 1 unspecified atom stereocenters. The maximum Gasteiger partial charge on any atom is 0.312 e. The monoisotopic (exact) mass is 355 g/mol. The van der Waals surface area contributed by atoms with E-state index in [0.717, 1.165) is 11.1 Å². The highest BCUT2D eigenvalue weighted by atomic mass is 16.5. The molecular formula is C20H21NO5. The molecule has 26 heavy (non-hydrogen) atoms. The fourth-order valence-electron chi connectivity index (χ4n) is 3.08. The van der Waals surface area contributed by atoms with E-state index in [1.54, 1.807) is 18.2 Å². The first-order chi connectivity index (χ1) is 12.6. The number of rotatable bonds is 6. The highest BCUT2D eigenvalue weighted by Gasteiger charge is 2.32. The van der Waals surface area contributed by atoms with Crippen molar-refractivity contribution in [1.82, 2.24) is 4.90 Å². The molecule has 1 heterocycles. The number of ether oxygens (including phenoxy) is 2. The predicted molar refractivity (Wildman–Crippen MR) is 95.3 cm³/mol. The molecule has 3 rings (SSSR count). The molecule has 2 aromatic carbocycles. The molecule has 0 saturated heterocycles. The largest absolute Gasteiger partial charge is 0.490 e. The second-order valence-electron chi connectivity index (χ2n) is 6.03. The molecule has 0 spiro atoms. The van der Waals surface area contributed by atoms with Gasteiger partial charge in [0.1, 0.15) is 0 Å². The molecule has 6 heteroatoms. The molecule has 1 aliphatic rings. The summed E-state index contributed by atoms with van der Waals surface area (Å²) in [4.78, 5) is 25.7. The molecule has 0 aliphatic carbocycles. The van der Waals surface area contributed by atoms with Crippen LogP contribution in [0.5, 0.6) is 11.5 Å². The van der Waals surface area contributed by atoms with Gasteiger partial charge in [-0.25, -0.2) is 0 Å². The summed E-state index contributed by atoms with van der Waals surface area (Å²) >= 11 is 0. The van der Waals surface area contributed by atoms with E-state index in [-0.39, 0.29) is 19.1 Å². The van der Waals surface area contributed by atoms with Crippen molar-refractivity contribution in [2.45, 2.75) is 19.4 Å². The molecule has 2 aromatic rings. The second-order valence-corrected chi connectivity index (χ2v) is 6.03. The second kappa shape index (κ2) is 7.91. The van der Waals surface area contributed by atoms with E-state index >= 15 is 0 Å². The van der Waals surface area contributed by atoms with Gasteiger partial charge in [0.15, 0.2) is 18.1 Å². The Hall–Kier alpha value is -3.02. The van der Waals surface area contributed by atoms with Crippen LogP contribution < -0.4 is 9.47 Å². The van der Waals surface area contributed by atoms with Crippen molar-refractivity contribution in [2.24, 2.45) is 0 Å².